The predicted octanol–water partition coefficient (Wildman–Crippen LogP) is 4.72. The lowest BCUT2D eigenvalue weighted by atomic mass is 10.1. The molecule has 1 saturated heterocycles. The van der Waals surface area contributed by atoms with Gasteiger partial charge in [0.25, 0.3) is 0 Å². The van der Waals surface area contributed by atoms with Gasteiger partial charge >= 0.3 is 12.2 Å². The molecule has 184 valence electrons. The molecule has 2 aromatic carbocycles. The summed E-state index contributed by atoms with van der Waals surface area (Å²) in [5, 5.41) is 0. The van der Waals surface area contributed by atoms with Gasteiger partial charge in [-0.3, -0.25) is 0 Å². The van der Waals surface area contributed by atoms with E-state index in [4.69, 9.17) is 18.9 Å². The van der Waals surface area contributed by atoms with Gasteiger partial charge in [0.15, 0.2) is 0 Å². The minimum absolute atomic E-state index is 0.204. The maximum atomic E-state index is 12.8. The molecule has 1 heterocycles. The molecule has 3 rings (SSSR count). The molecule has 0 N–H and O–H groups in total. The molecule has 2 amide bonds. The molecular weight excluding hydrogens is 436 g/mol. The Morgan fingerprint density at radius 1 is 0.971 bits per heavy atom. The van der Waals surface area contributed by atoms with E-state index in [9.17, 15) is 9.59 Å². The number of benzene rings is 2. The van der Waals surface area contributed by atoms with Gasteiger partial charge in [0.2, 0.25) is 0 Å². The predicted molar refractivity (Wildman–Crippen MR) is 128 cm³/mol. The molecule has 1 aliphatic heterocycles. The van der Waals surface area contributed by atoms with E-state index in [1.807, 2.05) is 69.3 Å². The zero-order valence-corrected chi connectivity index (χ0v) is 20.4. The van der Waals surface area contributed by atoms with Crippen LogP contribution in [0.1, 0.15) is 32.8 Å². The number of ether oxygens (including phenoxy) is 4. The van der Waals surface area contributed by atoms with Gasteiger partial charge in [0.1, 0.15) is 23.7 Å². The quantitative estimate of drug-likeness (QED) is 0.583. The fourth-order valence-electron chi connectivity index (χ4n) is 3.64. The normalized spacial score (nSPS) is 16.1. The Morgan fingerprint density at radius 2 is 1.71 bits per heavy atom. The zero-order valence-electron chi connectivity index (χ0n) is 20.4. The van der Waals surface area contributed by atoms with Crippen molar-refractivity contribution < 1.29 is 28.5 Å². The Balaban J connectivity index is 1.62. The van der Waals surface area contributed by atoms with Gasteiger partial charge in [-0.1, -0.05) is 36.4 Å². The van der Waals surface area contributed by atoms with Crippen LogP contribution >= 0.6 is 0 Å². The van der Waals surface area contributed by atoms with Crippen LogP contribution in [0.4, 0.5) is 9.59 Å². The standard InChI is InChI=1S/C26H34N2O6/c1-26(2,3)34-25(30)28-15-14-27(24(29)33-19-20-9-6-5-7-10-20)18-21(28)13-16-32-23-12-8-11-22(17-23)31-4/h5-12,17,21H,13-16,18-19H2,1-4H3/t21-/m1/s1. The van der Waals surface area contributed by atoms with Crippen molar-refractivity contribution in [3.8, 4) is 11.5 Å². The van der Waals surface area contributed by atoms with E-state index in [-0.39, 0.29) is 12.6 Å². The lowest BCUT2D eigenvalue weighted by molar-refractivity contribution is -0.00614. The van der Waals surface area contributed by atoms with E-state index in [0.29, 0.717) is 44.2 Å². The van der Waals surface area contributed by atoms with Crippen LogP contribution in [0.5, 0.6) is 11.5 Å². The van der Waals surface area contributed by atoms with Crippen LogP contribution in [0.25, 0.3) is 0 Å². The smallest absolute Gasteiger partial charge is 0.410 e. The molecule has 0 radical (unpaired) electrons. The maximum absolute atomic E-state index is 12.8. The van der Waals surface area contributed by atoms with E-state index in [1.165, 1.54) is 0 Å². The van der Waals surface area contributed by atoms with Gasteiger partial charge in [-0.2, -0.15) is 0 Å². The SMILES string of the molecule is COc1cccc(OCC[C@@H]2CN(C(=O)OCc3ccccc3)CCN2C(=O)OC(C)(C)C)c1. The average molecular weight is 471 g/mol. The molecule has 1 fully saturated rings. The van der Waals surface area contributed by atoms with Gasteiger partial charge < -0.3 is 28.7 Å². The molecule has 34 heavy (non-hydrogen) atoms. The number of carbonyl (C=O) groups is 2. The minimum atomic E-state index is -0.607. The summed E-state index contributed by atoms with van der Waals surface area (Å²) in [6, 6.07) is 16.6. The highest BCUT2D eigenvalue weighted by Gasteiger charge is 2.35. The Kier molecular flexibility index (Phi) is 8.62. The Bertz CT molecular complexity index is 944. The summed E-state index contributed by atoms with van der Waals surface area (Å²) >= 11 is 0. The molecule has 0 saturated carbocycles. The van der Waals surface area contributed by atoms with Gasteiger partial charge in [-0.15, -0.1) is 0 Å². The first-order chi connectivity index (χ1) is 16.2. The number of carbonyl (C=O) groups excluding carboxylic acids is 2. The number of rotatable bonds is 7. The van der Waals surface area contributed by atoms with Crippen molar-refractivity contribution in [1.29, 1.82) is 0 Å². The zero-order chi connectivity index (χ0) is 24.6. The van der Waals surface area contributed by atoms with Crippen molar-refractivity contribution in [2.45, 2.75) is 45.4 Å². The summed E-state index contributed by atoms with van der Waals surface area (Å²) in [5.74, 6) is 1.39. The molecule has 1 aliphatic rings. The monoisotopic (exact) mass is 470 g/mol. The summed E-state index contributed by atoms with van der Waals surface area (Å²) in [5.41, 5.74) is 0.316. The molecular formula is C26H34N2O6. The number of methoxy groups -OCH3 is 1. The van der Waals surface area contributed by atoms with Crippen molar-refractivity contribution in [2.24, 2.45) is 0 Å². The average Bonchev–Trinajstić information content (AvgIpc) is 2.82. The lowest BCUT2D eigenvalue weighted by Gasteiger charge is -2.41. The van der Waals surface area contributed by atoms with Crippen LogP contribution in [0.15, 0.2) is 54.6 Å². The van der Waals surface area contributed by atoms with Crippen molar-refractivity contribution in [2.75, 3.05) is 33.4 Å². The van der Waals surface area contributed by atoms with Gasteiger partial charge in [0.05, 0.1) is 19.8 Å². The van der Waals surface area contributed by atoms with E-state index in [2.05, 4.69) is 0 Å². The second kappa shape index (κ2) is 11.6. The lowest BCUT2D eigenvalue weighted by Crippen LogP contribution is -2.57. The maximum Gasteiger partial charge on any atom is 0.410 e. The third-order valence-electron chi connectivity index (χ3n) is 5.34. The molecule has 0 aliphatic carbocycles. The highest BCUT2D eigenvalue weighted by Crippen LogP contribution is 2.22. The number of hydrogen-bond donors (Lipinski definition) is 0. The van der Waals surface area contributed by atoms with Crippen molar-refractivity contribution in [1.82, 2.24) is 9.80 Å². The van der Waals surface area contributed by atoms with E-state index in [1.54, 1.807) is 23.0 Å². The van der Waals surface area contributed by atoms with E-state index in [0.717, 1.165) is 5.56 Å². The number of piperazine rings is 1. The molecule has 8 heteroatoms. The van der Waals surface area contributed by atoms with Crippen molar-refractivity contribution in [3.05, 3.63) is 60.2 Å². The first-order valence-corrected chi connectivity index (χ1v) is 11.5. The van der Waals surface area contributed by atoms with Crippen LogP contribution < -0.4 is 9.47 Å². The van der Waals surface area contributed by atoms with Crippen LogP contribution in [0.2, 0.25) is 0 Å². The van der Waals surface area contributed by atoms with E-state index < -0.39 is 17.8 Å². The van der Waals surface area contributed by atoms with Crippen LogP contribution in [0.3, 0.4) is 0 Å². The summed E-state index contributed by atoms with van der Waals surface area (Å²) in [7, 11) is 1.60. The van der Waals surface area contributed by atoms with E-state index >= 15 is 0 Å². The molecule has 0 spiro atoms. The molecule has 2 aromatic rings. The highest BCUT2D eigenvalue weighted by molar-refractivity contribution is 5.71. The number of hydrogen-bond acceptors (Lipinski definition) is 6. The molecule has 0 aromatic heterocycles. The van der Waals surface area contributed by atoms with Crippen molar-refractivity contribution in [3.63, 3.8) is 0 Å². The van der Waals surface area contributed by atoms with Gasteiger partial charge in [-0.05, 0) is 38.5 Å². The van der Waals surface area contributed by atoms with Crippen molar-refractivity contribution >= 4 is 12.2 Å². The second-order valence-electron chi connectivity index (χ2n) is 9.13. The number of nitrogens with zero attached hydrogens (tertiary/aromatic N) is 2. The van der Waals surface area contributed by atoms with Gasteiger partial charge in [-0.25, -0.2) is 9.59 Å². The summed E-state index contributed by atoms with van der Waals surface area (Å²) in [6.07, 6.45) is -0.263. The number of amides is 2. The summed E-state index contributed by atoms with van der Waals surface area (Å²) < 4.78 is 22.2. The summed E-state index contributed by atoms with van der Waals surface area (Å²) in [4.78, 5) is 28.9. The first-order valence-electron chi connectivity index (χ1n) is 11.5. The first kappa shape index (κ1) is 25.2. The molecule has 1 atom stereocenters. The minimum Gasteiger partial charge on any atom is -0.497 e. The fourth-order valence-corrected chi connectivity index (χ4v) is 3.64. The molecule has 0 bridgehead atoms. The highest BCUT2D eigenvalue weighted by atomic mass is 16.6. The topological polar surface area (TPSA) is 77.5 Å². The molecule has 8 nitrogen and oxygen atoms in total. The second-order valence-corrected chi connectivity index (χ2v) is 9.13. The fraction of sp³-hybridized carbons (Fsp3) is 0.462. The molecule has 0 unspecified atom stereocenters. The summed E-state index contributed by atoms with van der Waals surface area (Å²) in [6.45, 7) is 7.16. The Hall–Kier alpha value is -3.42. The van der Waals surface area contributed by atoms with Gasteiger partial charge in [0, 0.05) is 32.1 Å². The van der Waals surface area contributed by atoms with Crippen LogP contribution in [-0.2, 0) is 16.1 Å². The van der Waals surface area contributed by atoms with Crippen LogP contribution in [0, 0.1) is 0 Å². The third kappa shape index (κ3) is 7.57. The van der Waals surface area contributed by atoms with Crippen LogP contribution in [-0.4, -0.2) is 67.0 Å². The Labute approximate surface area is 201 Å². The largest absolute Gasteiger partial charge is 0.497 e. The Morgan fingerprint density at radius 3 is 2.41 bits per heavy atom. The third-order valence-corrected chi connectivity index (χ3v) is 5.34.